The van der Waals surface area contributed by atoms with Crippen molar-refractivity contribution in [2.75, 3.05) is 39.4 Å². The van der Waals surface area contributed by atoms with Gasteiger partial charge in [0.05, 0.1) is 24.9 Å². The Morgan fingerprint density at radius 2 is 1.78 bits per heavy atom. The number of halogens is 1. The zero-order valence-corrected chi connectivity index (χ0v) is 18.9. The number of H-pyrrole nitrogens is 1. The second-order valence-corrected chi connectivity index (χ2v) is 8.92. The van der Waals surface area contributed by atoms with Crippen molar-refractivity contribution < 1.29 is 9.53 Å². The number of aryl methyl sites for hydroxylation is 1. The van der Waals surface area contributed by atoms with Gasteiger partial charge in [0.15, 0.2) is 0 Å². The van der Waals surface area contributed by atoms with Gasteiger partial charge in [-0.15, -0.1) is 0 Å². The molecule has 1 amide bonds. The molecule has 32 heavy (non-hydrogen) atoms. The Kier molecular flexibility index (Phi) is 6.00. The summed E-state index contributed by atoms with van der Waals surface area (Å²) in [4.78, 5) is 17.8. The van der Waals surface area contributed by atoms with Gasteiger partial charge in [0, 0.05) is 42.3 Å². The number of fused-ring (bicyclic) bond motifs is 1. The molecule has 1 atom stereocenters. The fourth-order valence-electron chi connectivity index (χ4n) is 4.64. The number of morpholine rings is 1. The third-order valence-corrected chi connectivity index (χ3v) is 6.60. The first-order valence-electron chi connectivity index (χ1n) is 11.1. The van der Waals surface area contributed by atoms with Gasteiger partial charge in [-0.3, -0.25) is 14.8 Å². The van der Waals surface area contributed by atoms with Crippen molar-refractivity contribution in [3.05, 3.63) is 75.9 Å². The lowest BCUT2D eigenvalue weighted by molar-refractivity contribution is 0.0354. The molecule has 2 aliphatic heterocycles. The Morgan fingerprint density at radius 1 is 1.06 bits per heavy atom. The van der Waals surface area contributed by atoms with E-state index in [2.05, 4.69) is 46.3 Å². The number of hydrogen-bond donors (Lipinski definition) is 1. The van der Waals surface area contributed by atoms with Crippen LogP contribution in [0.1, 0.15) is 39.6 Å². The molecule has 7 heteroatoms. The maximum Gasteiger partial charge on any atom is 0.273 e. The van der Waals surface area contributed by atoms with Crippen molar-refractivity contribution in [1.29, 1.82) is 0 Å². The van der Waals surface area contributed by atoms with Crippen LogP contribution in [0, 0.1) is 6.92 Å². The van der Waals surface area contributed by atoms with E-state index in [0.29, 0.717) is 17.3 Å². The molecular weight excluding hydrogens is 424 g/mol. The zero-order valence-electron chi connectivity index (χ0n) is 18.2. The van der Waals surface area contributed by atoms with Crippen LogP contribution in [0.3, 0.4) is 0 Å². The first-order chi connectivity index (χ1) is 15.6. The van der Waals surface area contributed by atoms with E-state index in [1.165, 1.54) is 5.56 Å². The largest absolute Gasteiger partial charge is 0.379 e. The van der Waals surface area contributed by atoms with Crippen LogP contribution in [0.15, 0.2) is 48.5 Å². The molecule has 1 aromatic heterocycles. The summed E-state index contributed by atoms with van der Waals surface area (Å²) >= 11 is 6.09. The molecule has 5 rings (SSSR count). The van der Waals surface area contributed by atoms with Gasteiger partial charge >= 0.3 is 0 Å². The molecule has 6 nitrogen and oxygen atoms in total. The highest BCUT2D eigenvalue weighted by Crippen LogP contribution is 2.42. The molecule has 3 aromatic rings. The number of hydrogen-bond acceptors (Lipinski definition) is 4. The molecule has 1 saturated heterocycles. The van der Waals surface area contributed by atoms with E-state index in [4.69, 9.17) is 16.3 Å². The van der Waals surface area contributed by atoms with E-state index in [1.807, 2.05) is 29.2 Å². The summed E-state index contributed by atoms with van der Waals surface area (Å²) in [6, 6.07) is 15.9. The van der Waals surface area contributed by atoms with Crippen molar-refractivity contribution in [2.24, 2.45) is 0 Å². The van der Waals surface area contributed by atoms with Gasteiger partial charge in [-0.2, -0.15) is 5.10 Å². The van der Waals surface area contributed by atoms with Crippen LogP contribution < -0.4 is 0 Å². The average Bonchev–Trinajstić information content (AvgIpc) is 3.35. The predicted octanol–water partition coefficient (Wildman–Crippen LogP) is 4.31. The Morgan fingerprint density at radius 3 is 2.50 bits per heavy atom. The number of benzene rings is 2. The number of nitrogens with one attached hydrogen (secondary N) is 1. The normalized spacial score (nSPS) is 18.9. The van der Waals surface area contributed by atoms with Gasteiger partial charge in [0.2, 0.25) is 0 Å². The molecule has 1 N–H and O–H groups in total. The smallest absolute Gasteiger partial charge is 0.273 e. The third kappa shape index (κ3) is 4.06. The lowest BCUT2D eigenvalue weighted by Crippen LogP contribution is -2.38. The number of amides is 1. The number of aromatic amines is 1. The number of carbonyl (C=O) groups excluding carboxylic acids is 1. The van der Waals surface area contributed by atoms with Crippen LogP contribution >= 0.6 is 11.6 Å². The fraction of sp³-hybridized carbons (Fsp3) is 0.360. The molecule has 1 fully saturated rings. The topological polar surface area (TPSA) is 61.5 Å². The summed E-state index contributed by atoms with van der Waals surface area (Å²) in [7, 11) is 0. The number of ether oxygens (including phenoxy) is 1. The summed E-state index contributed by atoms with van der Waals surface area (Å²) in [6.07, 6.45) is 0.919. The minimum atomic E-state index is -0.160. The van der Waals surface area contributed by atoms with E-state index < -0.39 is 0 Å². The van der Waals surface area contributed by atoms with Crippen molar-refractivity contribution >= 4 is 17.5 Å². The zero-order chi connectivity index (χ0) is 22.1. The Hall–Kier alpha value is -2.67. The van der Waals surface area contributed by atoms with Gasteiger partial charge in [0.1, 0.15) is 5.69 Å². The Bertz CT molecular complexity index is 1090. The highest BCUT2D eigenvalue weighted by molar-refractivity contribution is 6.30. The number of nitrogens with zero attached hydrogens (tertiary/aromatic N) is 3. The maximum absolute atomic E-state index is 13.4. The second-order valence-electron chi connectivity index (χ2n) is 8.49. The summed E-state index contributed by atoms with van der Waals surface area (Å²) in [5.41, 5.74) is 5.60. The van der Waals surface area contributed by atoms with Gasteiger partial charge in [-0.1, -0.05) is 53.6 Å². The summed E-state index contributed by atoms with van der Waals surface area (Å²) in [6.45, 7) is 7.22. The molecule has 2 aromatic carbocycles. The van der Waals surface area contributed by atoms with Crippen molar-refractivity contribution in [3.8, 4) is 11.3 Å². The summed E-state index contributed by atoms with van der Waals surface area (Å²) < 4.78 is 5.45. The molecule has 0 radical (unpaired) electrons. The first-order valence-corrected chi connectivity index (χ1v) is 11.5. The summed E-state index contributed by atoms with van der Waals surface area (Å²) in [5, 5.41) is 8.24. The molecule has 0 saturated carbocycles. The van der Waals surface area contributed by atoms with Gasteiger partial charge in [-0.05, 0) is 31.0 Å². The highest BCUT2D eigenvalue weighted by Gasteiger charge is 2.41. The van der Waals surface area contributed by atoms with E-state index >= 15 is 0 Å². The molecule has 0 spiro atoms. The van der Waals surface area contributed by atoms with Crippen LogP contribution in [-0.4, -0.2) is 65.3 Å². The first kappa shape index (κ1) is 21.2. The molecule has 1 unspecified atom stereocenters. The van der Waals surface area contributed by atoms with Crippen molar-refractivity contribution in [1.82, 2.24) is 20.0 Å². The van der Waals surface area contributed by atoms with Crippen molar-refractivity contribution in [3.63, 3.8) is 0 Å². The molecule has 0 aliphatic carbocycles. The van der Waals surface area contributed by atoms with Crippen molar-refractivity contribution in [2.45, 2.75) is 19.4 Å². The van der Waals surface area contributed by atoms with E-state index in [1.54, 1.807) is 0 Å². The molecule has 166 valence electrons. The minimum Gasteiger partial charge on any atom is -0.379 e. The van der Waals surface area contributed by atoms with Crippen LogP contribution in [-0.2, 0) is 4.74 Å². The monoisotopic (exact) mass is 450 g/mol. The standard InChI is InChI=1S/C25H27ClN4O2/c1-17-3-5-19(6-4-17)24-21-22(18-7-9-20(26)10-8-18)27-28-23(21)25(31)30(24)12-2-11-29-13-15-32-16-14-29/h3-10,24H,2,11-16H2,1H3,(H,27,28). The van der Waals surface area contributed by atoms with Crippen LogP contribution in [0.25, 0.3) is 11.3 Å². The predicted molar refractivity (Wildman–Crippen MR) is 125 cm³/mol. The minimum absolute atomic E-state index is 0.0141. The number of carbonyl (C=O) groups is 1. The molecular formula is C25H27ClN4O2. The Labute approximate surface area is 193 Å². The van der Waals surface area contributed by atoms with E-state index in [9.17, 15) is 4.79 Å². The average molecular weight is 451 g/mol. The quantitative estimate of drug-likeness (QED) is 0.608. The lowest BCUT2D eigenvalue weighted by atomic mass is 9.95. The van der Waals surface area contributed by atoms with E-state index in [0.717, 1.165) is 61.7 Å². The molecule has 2 aliphatic rings. The van der Waals surface area contributed by atoms with Gasteiger partial charge in [-0.25, -0.2) is 0 Å². The number of rotatable bonds is 6. The van der Waals surface area contributed by atoms with Crippen LogP contribution in [0.5, 0.6) is 0 Å². The second kappa shape index (κ2) is 9.06. The van der Waals surface area contributed by atoms with Gasteiger partial charge < -0.3 is 9.64 Å². The highest BCUT2D eigenvalue weighted by atomic mass is 35.5. The SMILES string of the molecule is Cc1ccc(C2c3c(-c4ccc(Cl)cc4)n[nH]c3C(=O)N2CCCN2CCOCC2)cc1. The molecule has 3 heterocycles. The van der Waals surface area contributed by atoms with Gasteiger partial charge in [0.25, 0.3) is 5.91 Å². The summed E-state index contributed by atoms with van der Waals surface area (Å²) in [5.74, 6) is 0.0141. The fourth-order valence-corrected chi connectivity index (χ4v) is 4.77. The molecule has 0 bridgehead atoms. The third-order valence-electron chi connectivity index (χ3n) is 6.35. The number of aromatic nitrogens is 2. The Balaban J connectivity index is 1.46. The maximum atomic E-state index is 13.4. The van der Waals surface area contributed by atoms with E-state index in [-0.39, 0.29) is 11.9 Å². The van der Waals surface area contributed by atoms with Crippen LogP contribution in [0.2, 0.25) is 5.02 Å². The van der Waals surface area contributed by atoms with Crippen LogP contribution in [0.4, 0.5) is 0 Å². The lowest BCUT2D eigenvalue weighted by Gasteiger charge is -2.29.